The average Bonchev–Trinajstić information content (AvgIpc) is 2.30. The molecular weight excluding hydrogens is 190 g/mol. The molecule has 1 aliphatic carbocycles. The fourth-order valence-electron chi connectivity index (χ4n) is 2.41. The zero-order valence-electron chi connectivity index (χ0n) is 9.32. The lowest BCUT2D eigenvalue weighted by Gasteiger charge is -2.35. The summed E-state index contributed by atoms with van der Waals surface area (Å²) in [6.07, 6.45) is 4.19. The zero-order chi connectivity index (χ0) is 10.7. The van der Waals surface area contributed by atoms with Gasteiger partial charge in [-0.15, -0.1) is 0 Å². The van der Waals surface area contributed by atoms with Gasteiger partial charge in [-0.1, -0.05) is 6.92 Å². The van der Waals surface area contributed by atoms with Crippen molar-refractivity contribution in [3.63, 3.8) is 0 Å². The van der Waals surface area contributed by atoms with E-state index in [1.54, 1.807) is 0 Å². The second kappa shape index (κ2) is 4.96. The summed E-state index contributed by atoms with van der Waals surface area (Å²) in [4.78, 5) is 0. The van der Waals surface area contributed by atoms with Crippen LogP contribution in [0.5, 0.6) is 0 Å². The molecule has 1 heterocycles. The second-order valence-corrected chi connectivity index (χ2v) is 4.88. The van der Waals surface area contributed by atoms with Gasteiger partial charge in [0.1, 0.15) is 0 Å². The van der Waals surface area contributed by atoms with E-state index in [-0.39, 0.29) is 12.2 Å². The molecule has 0 bridgehead atoms. The quantitative estimate of drug-likeness (QED) is 0.665. The van der Waals surface area contributed by atoms with E-state index in [1.807, 2.05) is 0 Å². The standard InChI is InChI=1S/C12H19NO2/c1-9-7-14-12(15-8-9)11-4-2-10(6-13)3-5-11/h9-12H,2-5,7-8H2,1H3/t9-,10-,11-,12-. The molecule has 3 heteroatoms. The summed E-state index contributed by atoms with van der Waals surface area (Å²) in [6, 6.07) is 2.35. The van der Waals surface area contributed by atoms with Gasteiger partial charge in [0.2, 0.25) is 0 Å². The van der Waals surface area contributed by atoms with Crippen molar-refractivity contribution in [2.24, 2.45) is 17.8 Å². The van der Waals surface area contributed by atoms with Crippen molar-refractivity contribution in [1.82, 2.24) is 0 Å². The van der Waals surface area contributed by atoms with Gasteiger partial charge in [0.05, 0.1) is 19.3 Å². The minimum atomic E-state index is 0.000780. The summed E-state index contributed by atoms with van der Waals surface area (Å²) < 4.78 is 11.4. The molecule has 1 aliphatic heterocycles. The Morgan fingerprint density at radius 3 is 2.20 bits per heavy atom. The molecule has 0 radical (unpaired) electrons. The first kappa shape index (κ1) is 10.9. The monoisotopic (exact) mass is 209 g/mol. The molecule has 2 aliphatic rings. The fourth-order valence-corrected chi connectivity index (χ4v) is 2.41. The van der Waals surface area contributed by atoms with Crippen molar-refractivity contribution in [1.29, 1.82) is 5.26 Å². The molecule has 1 saturated carbocycles. The van der Waals surface area contributed by atoms with E-state index >= 15 is 0 Å². The summed E-state index contributed by atoms with van der Waals surface area (Å²) in [7, 11) is 0. The Balaban J connectivity index is 1.78. The lowest BCUT2D eigenvalue weighted by molar-refractivity contribution is -0.226. The van der Waals surface area contributed by atoms with Crippen LogP contribution in [0, 0.1) is 29.1 Å². The van der Waals surface area contributed by atoms with Crippen LogP contribution in [0.4, 0.5) is 0 Å². The summed E-state index contributed by atoms with van der Waals surface area (Å²) in [5, 5.41) is 8.81. The van der Waals surface area contributed by atoms with Crippen LogP contribution in [0.3, 0.4) is 0 Å². The topological polar surface area (TPSA) is 42.2 Å². The van der Waals surface area contributed by atoms with E-state index in [9.17, 15) is 0 Å². The Labute approximate surface area is 91.4 Å². The van der Waals surface area contributed by atoms with E-state index in [1.165, 1.54) is 0 Å². The molecule has 84 valence electrons. The highest BCUT2D eigenvalue weighted by molar-refractivity contribution is 4.88. The van der Waals surface area contributed by atoms with E-state index in [4.69, 9.17) is 14.7 Å². The van der Waals surface area contributed by atoms with Crippen LogP contribution < -0.4 is 0 Å². The maximum Gasteiger partial charge on any atom is 0.160 e. The molecule has 2 rings (SSSR count). The van der Waals surface area contributed by atoms with E-state index in [2.05, 4.69) is 13.0 Å². The highest BCUT2D eigenvalue weighted by Crippen LogP contribution is 2.33. The Morgan fingerprint density at radius 2 is 1.67 bits per heavy atom. The van der Waals surface area contributed by atoms with Gasteiger partial charge in [-0.05, 0) is 25.7 Å². The van der Waals surface area contributed by atoms with Crippen molar-refractivity contribution >= 4 is 0 Å². The SMILES string of the molecule is C[C@H]1CO[C@H]([C@H]2CC[C@H](C#N)CC2)OC1. The van der Waals surface area contributed by atoms with Crippen molar-refractivity contribution < 1.29 is 9.47 Å². The zero-order valence-corrected chi connectivity index (χ0v) is 9.32. The number of hydrogen-bond acceptors (Lipinski definition) is 3. The summed E-state index contributed by atoms with van der Waals surface area (Å²) in [6.45, 7) is 3.79. The van der Waals surface area contributed by atoms with Gasteiger partial charge in [-0.25, -0.2) is 0 Å². The Bertz CT molecular complexity index is 232. The molecule has 2 fully saturated rings. The molecule has 0 unspecified atom stereocenters. The smallest absolute Gasteiger partial charge is 0.160 e. The molecular formula is C12H19NO2. The minimum Gasteiger partial charge on any atom is -0.352 e. The molecule has 0 amide bonds. The molecule has 0 aromatic rings. The molecule has 0 spiro atoms. The summed E-state index contributed by atoms with van der Waals surface area (Å²) in [5.41, 5.74) is 0. The highest BCUT2D eigenvalue weighted by atomic mass is 16.7. The molecule has 0 N–H and O–H groups in total. The number of nitriles is 1. The number of ether oxygens (including phenoxy) is 2. The second-order valence-electron chi connectivity index (χ2n) is 4.88. The molecule has 3 nitrogen and oxygen atoms in total. The minimum absolute atomic E-state index is 0.000780. The third kappa shape index (κ3) is 2.70. The molecule has 15 heavy (non-hydrogen) atoms. The highest BCUT2D eigenvalue weighted by Gasteiger charge is 2.31. The van der Waals surface area contributed by atoms with E-state index < -0.39 is 0 Å². The van der Waals surface area contributed by atoms with E-state index in [0.717, 1.165) is 38.9 Å². The van der Waals surface area contributed by atoms with E-state index in [0.29, 0.717) is 11.8 Å². The lowest BCUT2D eigenvalue weighted by atomic mass is 9.82. The molecule has 1 saturated heterocycles. The Hall–Kier alpha value is -0.590. The molecule has 0 aromatic carbocycles. The van der Waals surface area contributed by atoms with Gasteiger partial charge in [0.25, 0.3) is 0 Å². The predicted molar refractivity (Wildman–Crippen MR) is 55.9 cm³/mol. The summed E-state index contributed by atoms with van der Waals surface area (Å²) >= 11 is 0. The first-order chi connectivity index (χ1) is 7.29. The maximum absolute atomic E-state index is 8.81. The van der Waals surface area contributed by atoms with Crippen LogP contribution in [-0.2, 0) is 9.47 Å². The van der Waals surface area contributed by atoms with Crippen LogP contribution >= 0.6 is 0 Å². The number of rotatable bonds is 1. The van der Waals surface area contributed by atoms with Crippen molar-refractivity contribution in [3.05, 3.63) is 0 Å². The Kier molecular flexibility index (Phi) is 3.61. The average molecular weight is 209 g/mol. The largest absolute Gasteiger partial charge is 0.352 e. The first-order valence-corrected chi connectivity index (χ1v) is 5.92. The van der Waals surface area contributed by atoms with Crippen molar-refractivity contribution in [2.75, 3.05) is 13.2 Å². The lowest BCUT2D eigenvalue weighted by Crippen LogP contribution is -2.37. The molecule has 0 aromatic heterocycles. The number of hydrogen-bond donors (Lipinski definition) is 0. The maximum atomic E-state index is 8.81. The summed E-state index contributed by atoms with van der Waals surface area (Å²) in [5.74, 6) is 1.31. The van der Waals surface area contributed by atoms with Crippen LogP contribution in [0.1, 0.15) is 32.6 Å². The molecule has 0 atom stereocenters. The third-order valence-electron chi connectivity index (χ3n) is 3.43. The van der Waals surface area contributed by atoms with Gasteiger partial charge in [-0.3, -0.25) is 0 Å². The number of nitrogens with zero attached hydrogens (tertiary/aromatic N) is 1. The van der Waals surface area contributed by atoms with Crippen LogP contribution in [-0.4, -0.2) is 19.5 Å². The van der Waals surface area contributed by atoms with Gasteiger partial charge in [0, 0.05) is 17.8 Å². The van der Waals surface area contributed by atoms with Gasteiger partial charge >= 0.3 is 0 Å². The third-order valence-corrected chi connectivity index (χ3v) is 3.43. The van der Waals surface area contributed by atoms with Gasteiger partial charge in [-0.2, -0.15) is 5.26 Å². The fraction of sp³-hybridized carbons (Fsp3) is 0.917. The van der Waals surface area contributed by atoms with Crippen molar-refractivity contribution in [3.8, 4) is 6.07 Å². The first-order valence-electron chi connectivity index (χ1n) is 5.92. The van der Waals surface area contributed by atoms with Gasteiger partial charge < -0.3 is 9.47 Å². The van der Waals surface area contributed by atoms with Gasteiger partial charge in [0.15, 0.2) is 6.29 Å². The van der Waals surface area contributed by atoms with Crippen LogP contribution in [0.2, 0.25) is 0 Å². The Morgan fingerprint density at radius 1 is 1.07 bits per heavy atom. The van der Waals surface area contributed by atoms with Crippen molar-refractivity contribution in [2.45, 2.75) is 38.9 Å². The predicted octanol–water partition coefficient (Wildman–Crippen LogP) is 2.33. The normalized spacial score (nSPS) is 42.1. The van der Waals surface area contributed by atoms with Crippen LogP contribution in [0.25, 0.3) is 0 Å². The van der Waals surface area contributed by atoms with Crippen LogP contribution in [0.15, 0.2) is 0 Å².